The number of benzene rings is 3. The molecular formula is C22H21FN2O5S. The van der Waals surface area contributed by atoms with E-state index in [2.05, 4.69) is 10.0 Å². The predicted molar refractivity (Wildman–Crippen MR) is 114 cm³/mol. The van der Waals surface area contributed by atoms with E-state index in [-0.39, 0.29) is 22.9 Å². The maximum Gasteiger partial charge on any atom is 0.262 e. The van der Waals surface area contributed by atoms with Crippen LogP contribution in [0, 0.1) is 5.82 Å². The smallest absolute Gasteiger partial charge is 0.262 e. The Morgan fingerprint density at radius 3 is 2.26 bits per heavy atom. The number of anilines is 1. The molecule has 3 aromatic rings. The number of carbonyl (C=O) groups excluding carboxylic acids is 1. The summed E-state index contributed by atoms with van der Waals surface area (Å²) in [5, 5.41) is 2.63. The van der Waals surface area contributed by atoms with Crippen LogP contribution in [-0.4, -0.2) is 28.5 Å². The molecule has 3 rings (SSSR count). The van der Waals surface area contributed by atoms with Crippen LogP contribution in [0.4, 0.5) is 10.1 Å². The Morgan fingerprint density at radius 2 is 1.61 bits per heavy atom. The summed E-state index contributed by atoms with van der Waals surface area (Å²) in [7, 11) is -1.01. The zero-order chi connectivity index (χ0) is 22.4. The number of hydrogen-bond donors (Lipinski definition) is 2. The number of amides is 1. The first-order valence-electron chi connectivity index (χ1n) is 9.20. The lowest BCUT2D eigenvalue weighted by Gasteiger charge is -2.12. The summed E-state index contributed by atoms with van der Waals surface area (Å²) < 4.78 is 51.7. The molecule has 1 amide bonds. The Balaban J connectivity index is 1.68. The van der Waals surface area contributed by atoms with Gasteiger partial charge in [0, 0.05) is 29.4 Å². The van der Waals surface area contributed by atoms with Crippen molar-refractivity contribution in [2.75, 3.05) is 18.9 Å². The van der Waals surface area contributed by atoms with Gasteiger partial charge in [-0.3, -0.25) is 9.52 Å². The fourth-order valence-corrected chi connectivity index (χ4v) is 3.88. The van der Waals surface area contributed by atoms with E-state index in [0.29, 0.717) is 16.9 Å². The largest absolute Gasteiger partial charge is 0.493 e. The normalized spacial score (nSPS) is 10.9. The molecule has 0 bridgehead atoms. The van der Waals surface area contributed by atoms with Crippen LogP contribution < -0.4 is 19.5 Å². The molecule has 0 aromatic heterocycles. The Labute approximate surface area is 179 Å². The number of hydrogen-bond acceptors (Lipinski definition) is 5. The topological polar surface area (TPSA) is 93.7 Å². The minimum Gasteiger partial charge on any atom is -0.493 e. The van der Waals surface area contributed by atoms with E-state index in [0.717, 1.165) is 0 Å². The van der Waals surface area contributed by atoms with E-state index >= 15 is 0 Å². The van der Waals surface area contributed by atoms with Crippen molar-refractivity contribution in [1.82, 2.24) is 5.32 Å². The molecule has 0 heterocycles. The fraction of sp³-hybridized carbons (Fsp3) is 0.136. The van der Waals surface area contributed by atoms with Crippen LogP contribution in [0.1, 0.15) is 15.9 Å². The quantitative estimate of drug-likeness (QED) is 0.554. The van der Waals surface area contributed by atoms with Gasteiger partial charge >= 0.3 is 0 Å². The predicted octanol–water partition coefficient (Wildman–Crippen LogP) is 3.57. The third-order valence-electron chi connectivity index (χ3n) is 4.46. The highest BCUT2D eigenvalue weighted by Crippen LogP contribution is 2.30. The van der Waals surface area contributed by atoms with Gasteiger partial charge in [0.25, 0.3) is 15.9 Å². The first-order valence-corrected chi connectivity index (χ1v) is 10.7. The summed E-state index contributed by atoms with van der Waals surface area (Å²) in [4.78, 5) is 12.3. The average molecular weight is 444 g/mol. The second kappa shape index (κ2) is 9.48. The lowest BCUT2D eigenvalue weighted by Crippen LogP contribution is -2.23. The van der Waals surface area contributed by atoms with Gasteiger partial charge in [-0.1, -0.05) is 18.2 Å². The molecule has 7 nitrogen and oxygen atoms in total. The molecule has 0 atom stereocenters. The molecule has 0 aliphatic carbocycles. The fourth-order valence-electron chi connectivity index (χ4n) is 2.81. The highest BCUT2D eigenvalue weighted by Gasteiger charge is 2.17. The van der Waals surface area contributed by atoms with Crippen LogP contribution in [0.5, 0.6) is 11.5 Å². The Kier molecular flexibility index (Phi) is 6.76. The highest BCUT2D eigenvalue weighted by atomic mass is 32.2. The molecule has 0 aliphatic heterocycles. The molecule has 9 heteroatoms. The maximum absolute atomic E-state index is 13.7. The van der Waals surface area contributed by atoms with Gasteiger partial charge in [-0.2, -0.15) is 0 Å². The number of rotatable bonds is 8. The van der Waals surface area contributed by atoms with Crippen LogP contribution in [0.3, 0.4) is 0 Å². The summed E-state index contributed by atoms with van der Waals surface area (Å²) in [6, 6.07) is 16.3. The first kappa shape index (κ1) is 22.1. The molecule has 31 heavy (non-hydrogen) atoms. The number of ether oxygens (including phenoxy) is 2. The van der Waals surface area contributed by atoms with Gasteiger partial charge in [0.05, 0.1) is 19.1 Å². The second-order valence-electron chi connectivity index (χ2n) is 6.47. The van der Waals surface area contributed by atoms with Crippen molar-refractivity contribution >= 4 is 21.6 Å². The Hall–Kier alpha value is -3.59. The van der Waals surface area contributed by atoms with Crippen LogP contribution in [0.25, 0.3) is 0 Å². The summed E-state index contributed by atoms with van der Waals surface area (Å²) in [5.41, 5.74) is 0.959. The van der Waals surface area contributed by atoms with Gasteiger partial charge in [0.2, 0.25) is 0 Å². The zero-order valence-electron chi connectivity index (χ0n) is 16.9. The summed E-state index contributed by atoms with van der Waals surface area (Å²) in [6.45, 7) is 0.0409. The van der Waals surface area contributed by atoms with Gasteiger partial charge < -0.3 is 14.8 Å². The number of sulfonamides is 1. The van der Waals surface area contributed by atoms with E-state index in [1.807, 2.05) is 0 Å². The van der Waals surface area contributed by atoms with Crippen molar-refractivity contribution in [3.05, 3.63) is 83.7 Å². The lowest BCUT2D eigenvalue weighted by atomic mass is 10.1. The maximum atomic E-state index is 13.7. The van der Waals surface area contributed by atoms with E-state index in [1.165, 1.54) is 62.8 Å². The van der Waals surface area contributed by atoms with E-state index in [9.17, 15) is 17.6 Å². The van der Waals surface area contributed by atoms with E-state index < -0.39 is 21.7 Å². The average Bonchev–Trinajstić information content (AvgIpc) is 2.78. The van der Waals surface area contributed by atoms with Crippen molar-refractivity contribution in [2.24, 2.45) is 0 Å². The van der Waals surface area contributed by atoms with Crippen molar-refractivity contribution in [2.45, 2.75) is 11.4 Å². The third-order valence-corrected chi connectivity index (χ3v) is 5.84. The van der Waals surface area contributed by atoms with E-state index in [4.69, 9.17) is 9.47 Å². The van der Waals surface area contributed by atoms with Crippen molar-refractivity contribution in [3.63, 3.8) is 0 Å². The third kappa shape index (κ3) is 5.32. The van der Waals surface area contributed by atoms with Gasteiger partial charge in [-0.25, -0.2) is 12.8 Å². The van der Waals surface area contributed by atoms with Gasteiger partial charge in [0.1, 0.15) is 5.82 Å². The zero-order valence-corrected chi connectivity index (χ0v) is 17.7. The van der Waals surface area contributed by atoms with Gasteiger partial charge in [-0.15, -0.1) is 0 Å². The van der Waals surface area contributed by atoms with Gasteiger partial charge in [-0.05, 0) is 42.5 Å². The monoisotopic (exact) mass is 444 g/mol. The number of carbonyl (C=O) groups is 1. The molecule has 0 saturated carbocycles. The van der Waals surface area contributed by atoms with Crippen LogP contribution in [0.15, 0.2) is 71.6 Å². The lowest BCUT2D eigenvalue weighted by molar-refractivity contribution is 0.0950. The minimum atomic E-state index is -3.88. The second-order valence-corrected chi connectivity index (χ2v) is 8.16. The minimum absolute atomic E-state index is 0.00291. The molecule has 0 unspecified atom stereocenters. The van der Waals surface area contributed by atoms with Crippen molar-refractivity contribution < 1.29 is 27.1 Å². The molecule has 3 aromatic carbocycles. The number of methoxy groups -OCH3 is 2. The van der Waals surface area contributed by atoms with Gasteiger partial charge in [0.15, 0.2) is 11.5 Å². The molecule has 0 fully saturated rings. The Morgan fingerprint density at radius 1 is 0.935 bits per heavy atom. The molecule has 162 valence electrons. The molecule has 0 saturated heterocycles. The van der Waals surface area contributed by atoms with Crippen LogP contribution in [0.2, 0.25) is 0 Å². The standard InChI is InChI=1S/C22H21FN2O5S/c1-29-20-12-11-18(13-21(20)30-2)31(27,28)25-17-9-7-15(8-10-17)22(26)24-14-16-5-3-4-6-19(16)23/h3-13,25H,14H2,1-2H3,(H,24,26). The van der Waals surface area contributed by atoms with Crippen molar-refractivity contribution in [1.29, 1.82) is 0 Å². The molecule has 2 N–H and O–H groups in total. The SMILES string of the molecule is COc1ccc(S(=O)(=O)Nc2ccc(C(=O)NCc3ccccc3F)cc2)cc1OC. The van der Waals surface area contributed by atoms with E-state index in [1.54, 1.807) is 18.2 Å². The summed E-state index contributed by atoms with van der Waals surface area (Å²) >= 11 is 0. The van der Waals surface area contributed by atoms with Crippen LogP contribution >= 0.6 is 0 Å². The molecule has 0 aliphatic rings. The summed E-state index contributed by atoms with van der Waals surface area (Å²) in [5.74, 6) is -0.111. The Bertz CT molecular complexity index is 1180. The number of nitrogens with one attached hydrogen (secondary N) is 2. The molecular weight excluding hydrogens is 423 g/mol. The first-order chi connectivity index (χ1) is 14.8. The summed E-state index contributed by atoms with van der Waals surface area (Å²) in [6.07, 6.45) is 0. The molecule has 0 radical (unpaired) electrons. The highest BCUT2D eigenvalue weighted by molar-refractivity contribution is 7.92. The molecule has 0 spiro atoms. The van der Waals surface area contributed by atoms with Crippen LogP contribution in [-0.2, 0) is 16.6 Å². The van der Waals surface area contributed by atoms with Crippen molar-refractivity contribution in [3.8, 4) is 11.5 Å². The number of halogens is 1.